The molecule has 0 aromatic carbocycles. The first-order valence-corrected chi connectivity index (χ1v) is 6.66. The molecule has 0 radical (unpaired) electrons. The zero-order chi connectivity index (χ0) is 9.90. The molecule has 1 aliphatic heterocycles. The third-order valence-electron chi connectivity index (χ3n) is 2.19. The van der Waals surface area contributed by atoms with E-state index in [-0.39, 0.29) is 0 Å². The van der Waals surface area contributed by atoms with E-state index in [1.807, 2.05) is 11.8 Å². The SMILES string of the molecule is CC1CSCCN1CCC(Cl)(Cl)Cl. The molecule has 1 atom stereocenters. The Labute approximate surface area is 99.1 Å². The molecule has 0 spiro atoms. The Hall–Kier alpha value is 1.18. The van der Waals surface area contributed by atoms with Gasteiger partial charge in [-0.05, 0) is 6.92 Å². The van der Waals surface area contributed by atoms with Gasteiger partial charge in [-0.3, -0.25) is 4.90 Å². The first kappa shape index (κ1) is 12.3. The van der Waals surface area contributed by atoms with Crippen molar-refractivity contribution in [1.82, 2.24) is 4.90 Å². The Balaban J connectivity index is 2.27. The van der Waals surface area contributed by atoms with E-state index in [0.29, 0.717) is 12.5 Å². The molecule has 1 fully saturated rings. The third-order valence-corrected chi connectivity index (χ3v) is 3.94. The molecule has 0 bridgehead atoms. The largest absolute Gasteiger partial charge is 0.299 e. The zero-order valence-electron chi connectivity index (χ0n) is 7.60. The fraction of sp³-hybridized carbons (Fsp3) is 1.00. The molecule has 0 amide bonds. The van der Waals surface area contributed by atoms with Crippen LogP contribution in [0.3, 0.4) is 0 Å². The highest BCUT2D eigenvalue weighted by Gasteiger charge is 2.24. The van der Waals surface area contributed by atoms with Crippen LogP contribution in [0.4, 0.5) is 0 Å². The Morgan fingerprint density at radius 3 is 2.69 bits per heavy atom. The minimum Gasteiger partial charge on any atom is -0.299 e. The topological polar surface area (TPSA) is 3.24 Å². The Kier molecular flexibility index (Phi) is 5.01. The second-order valence-corrected chi connectivity index (χ2v) is 6.99. The number of nitrogens with zero attached hydrogens (tertiary/aromatic N) is 1. The third kappa shape index (κ3) is 4.98. The molecular weight excluding hydrogens is 249 g/mol. The molecule has 78 valence electrons. The maximum atomic E-state index is 5.70. The van der Waals surface area contributed by atoms with Gasteiger partial charge in [-0.15, -0.1) is 0 Å². The van der Waals surface area contributed by atoms with Crippen molar-refractivity contribution in [3.05, 3.63) is 0 Å². The number of halogens is 3. The van der Waals surface area contributed by atoms with Crippen LogP contribution < -0.4 is 0 Å². The van der Waals surface area contributed by atoms with Crippen molar-refractivity contribution in [2.75, 3.05) is 24.6 Å². The summed E-state index contributed by atoms with van der Waals surface area (Å²) in [6.07, 6.45) is 0.618. The molecule has 0 saturated carbocycles. The van der Waals surface area contributed by atoms with Gasteiger partial charge in [-0.25, -0.2) is 0 Å². The van der Waals surface area contributed by atoms with E-state index >= 15 is 0 Å². The summed E-state index contributed by atoms with van der Waals surface area (Å²) in [7, 11) is 0. The highest BCUT2D eigenvalue weighted by Crippen LogP contribution is 2.30. The number of alkyl halides is 3. The lowest BCUT2D eigenvalue weighted by molar-refractivity contribution is 0.231. The Morgan fingerprint density at radius 1 is 1.46 bits per heavy atom. The smallest absolute Gasteiger partial charge is 0.191 e. The van der Waals surface area contributed by atoms with Crippen molar-refractivity contribution in [3.63, 3.8) is 0 Å². The van der Waals surface area contributed by atoms with E-state index in [2.05, 4.69) is 11.8 Å². The molecule has 1 unspecified atom stereocenters. The lowest BCUT2D eigenvalue weighted by Gasteiger charge is -2.33. The molecule has 1 rings (SSSR count). The molecule has 1 heterocycles. The molecule has 13 heavy (non-hydrogen) atoms. The number of thioether (sulfide) groups is 1. The van der Waals surface area contributed by atoms with Crippen LogP contribution in [0.25, 0.3) is 0 Å². The average molecular weight is 263 g/mol. The Morgan fingerprint density at radius 2 is 2.15 bits per heavy atom. The monoisotopic (exact) mass is 261 g/mol. The van der Waals surface area contributed by atoms with Gasteiger partial charge in [0.1, 0.15) is 0 Å². The van der Waals surface area contributed by atoms with Gasteiger partial charge in [0.2, 0.25) is 0 Å². The van der Waals surface area contributed by atoms with Crippen molar-refractivity contribution in [2.45, 2.75) is 23.2 Å². The van der Waals surface area contributed by atoms with Gasteiger partial charge >= 0.3 is 0 Å². The van der Waals surface area contributed by atoms with Crippen LogP contribution in [0.2, 0.25) is 0 Å². The fourth-order valence-electron chi connectivity index (χ4n) is 1.36. The van der Waals surface area contributed by atoms with Gasteiger partial charge in [0.25, 0.3) is 0 Å². The number of rotatable bonds is 2. The summed E-state index contributed by atoms with van der Waals surface area (Å²) in [5.74, 6) is 2.39. The van der Waals surface area contributed by atoms with Crippen LogP contribution in [0.1, 0.15) is 13.3 Å². The van der Waals surface area contributed by atoms with Gasteiger partial charge in [0, 0.05) is 37.1 Å². The highest BCUT2D eigenvalue weighted by molar-refractivity contribution is 7.99. The summed E-state index contributed by atoms with van der Waals surface area (Å²) < 4.78 is -1.09. The van der Waals surface area contributed by atoms with Crippen molar-refractivity contribution in [1.29, 1.82) is 0 Å². The van der Waals surface area contributed by atoms with Crippen molar-refractivity contribution >= 4 is 46.6 Å². The van der Waals surface area contributed by atoms with E-state index in [0.717, 1.165) is 13.1 Å². The summed E-state index contributed by atoms with van der Waals surface area (Å²) in [5.41, 5.74) is 0. The lowest BCUT2D eigenvalue weighted by atomic mass is 10.3. The van der Waals surface area contributed by atoms with Crippen LogP contribution in [-0.2, 0) is 0 Å². The summed E-state index contributed by atoms with van der Waals surface area (Å²) in [6, 6.07) is 0.617. The van der Waals surface area contributed by atoms with E-state index in [4.69, 9.17) is 34.8 Å². The first-order valence-electron chi connectivity index (χ1n) is 4.37. The number of hydrogen-bond acceptors (Lipinski definition) is 2. The van der Waals surface area contributed by atoms with Gasteiger partial charge < -0.3 is 0 Å². The molecule has 0 aliphatic carbocycles. The summed E-state index contributed by atoms with van der Waals surface area (Å²) >= 11 is 19.1. The van der Waals surface area contributed by atoms with Gasteiger partial charge in [0.05, 0.1) is 0 Å². The molecule has 1 aliphatic rings. The Bertz CT molecular complexity index is 160. The molecular formula is C8H14Cl3NS. The lowest BCUT2D eigenvalue weighted by Crippen LogP contribution is -2.41. The van der Waals surface area contributed by atoms with Crippen LogP contribution in [0.5, 0.6) is 0 Å². The molecule has 0 N–H and O–H groups in total. The maximum absolute atomic E-state index is 5.70. The van der Waals surface area contributed by atoms with E-state index in [1.165, 1.54) is 11.5 Å². The second kappa shape index (κ2) is 5.32. The minimum absolute atomic E-state index is 0.617. The fourth-order valence-corrected chi connectivity index (χ4v) is 2.70. The maximum Gasteiger partial charge on any atom is 0.191 e. The molecule has 1 nitrogen and oxygen atoms in total. The summed E-state index contributed by atoms with van der Waals surface area (Å²) in [4.78, 5) is 2.39. The minimum atomic E-state index is -1.09. The predicted octanol–water partition coefficient (Wildman–Crippen LogP) is 3.18. The molecule has 0 aromatic rings. The van der Waals surface area contributed by atoms with Crippen LogP contribution in [0.15, 0.2) is 0 Å². The van der Waals surface area contributed by atoms with Gasteiger partial charge in [-0.1, -0.05) is 34.8 Å². The van der Waals surface area contributed by atoms with Crippen molar-refractivity contribution in [2.24, 2.45) is 0 Å². The number of hydrogen-bond donors (Lipinski definition) is 0. The van der Waals surface area contributed by atoms with Gasteiger partial charge in [-0.2, -0.15) is 11.8 Å². The van der Waals surface area contributed by atoms with E-state index in [1.54, 1.807) is 0 Å². The second-order valence-electron chi connectivity index (χ2n) is 3.33. The van der Waals surface area contributed by atoms with Crippen molar-refractivity contribution < 1.29 is 0 Å². The summed E-state index contributed by atoms with van der Waals surface area (Å²) in [5, 5.41) is 0. The van der Waals surface area contributed by atoms with Gasteiger partial charge in [0.15, 0.2) is 3.79 Å². The predicted molar refractivity (Wildman–Crippen MR) is 63.3 cm³/mol. The van der Waals surface area contributed by atoms with Crippen molar-refractivity contribution in [3.8, 4) is 0 Å². The van der Waals surface area contributed by atoms with E-state index in [9.17, 15) is 0 Å². The quantitative estimate of drug-likeness (QED) is 0.703. The molecule has 0 aromatic heterocycles. The molecule has 1 saturated heterocycles. The van der Waals surface area contributed by atoms with Crippen LogP contribution in [-0.4, -0.2) is 39.3 Å². The zero-order valence-corrected chi connectivity index (χ0v) is 10.7. The molecule has 5 heteroatoms. The standard InChI is InChI=1S/C8H14Cl3NS/c1-7-6-13-5-4-12(7)3-2-8(9,10)11/h7H,2-6H2,1H3. The first-order chi connectivity index (χ1) is 5.99. The van der Waals surface area contributed by atoms with Crippen LogP contribution >= 0.6 is 46.6 Å². The normalized spacial score (nSPS) is 26.3. The average Bonchev–Trinajstić information content (AvgIpc) is 2.01. The highest BCUT2D eigenvalue weighted by atomic mass is 35.6. The summed E-state index contributed by atoms with van der Waals surface area (Å²) in [6.45, 7) is 4.23. The van der Waals surface area contributed by atoms with Crippen LogP contribution in [0, 0.1) is 0 Å². The van der Waals surface area contributed by atoms with E-state index < -0.39 is 3.79 Å².